The Kier molecular flexibility index (Phi) is 4.78. The molecule has 1 atom stereocenters. The minimum Gasteiger partial charge on any atom is -0.486 e. The second kappa shape index (κ2) is 6.42. The fourth-order valence-corrected chi connectivity index (χ4v) is 2.32. The molecule has 0 saturated carbocycles. The molecular weight excluding hydrogens is 287 g/mol. The lowest BCUT2D eigenvalue weighted by atomic mass is 10.1. The Balaban J connectivity index is 1.97. The van der Waals surface area contributed by atoms with E-state index in [1.165, 1.54) is 12.1 Å². The molecule has 1 heterocycles. The maximum absolute atomic E-state index is 13.8. The van der Waals surface area contributed by atoms with E-state index in [9.17, 15) is 9.18 Å². The van der Waals surface area contributed by atoms with E-state index in [0.717, 1.165) is 12.8 Å². The lowest BCUT2D eigenvalue weighted by molar-refractivity contribution is 0.00737. The first-order valence-electron chi connectivity index (χ1n) is 7.44. The number of carbonyl (C=O) groups excluding carboxylic acids is 1. The summed E-state index contributed by atoms with van der Waals surface area (Å²) in [4.78, 5) is 13.7. The first kappa shape index (κ1) is 16.4. The molecule has 0 bridgehead atoms. The average molecular weight is 310 g/mol. The van der Waals surface area contributed by atoms with Gasteiger partial charge in [-0.25, -0.2) is 9.18 Å². The summed E-state index contributed by atoms with van der Waals surface area (Å²) in [5.74, 6) is -0.334. The lowest BCUT2D eigenvalue weighted by Crippen LogP contribution is -2.46. The van der Waals surface area contributed by atoms with Crippen molar-refractivity contribution in [3.63, 3.8) is 0 Å². The van der Waals surface area contributed by atoms with Crippen LogP contribution < -0.4 is 10.5 Å². The van der Waals surface area contributed by atoms with Crippen LogP contribution in [0.1, 0.15) is 33.6 Å². The number of ether oxygens (including phenoxy) is 2. The van der Waals surface area contributed by atoms with E-state index in [2.05, 4.69) is 0 Å². The summed E-state index contributed by atoms with van der Waals surface area (Å²) < 4.78 is 24.8. The molecule has 0 radical (unpaired) electrons. The third-order valence-electron chi connectivity index (χ3n) is 3.28. The van der Waals surface area contributed by atoms with Crippen molar-refractivity contribution in [1.82, 2.24) is 4.90 Å². The molecule has 0 aliphatic carbocycles. The zero-order chi connectivity index (χ0) is 16.3. The third kappa shape index (κ3) is 4.51. The maximum atomic E-state index is 13.8. The first-order valence-corrected chi connectivity index (χ1v) is 7.44. The highest BCUT2D eigenvalue weighted by molar-refractivity contribution is 5.68. The van der Waals surface area contributed by atoms with Crippen LogP contribution in [0.2, 0.25) is 0 Å². The van der Waals surface area contributed by atoms with Crippen molar-refractivity contribution in [1.29, 1.82) is 0 Å². The molecular formula is C16H23FN2O3. The van der Waals surface area contributed by atoms with Crippen LogP contribution in [0.25, 0.3) is 0 Å². The van der Waals surface area contributed by atoms with Crippen molar-refractivity contribution in [3.05, 3.63) is 24.0 Å². The SMILES string of the molecule is CC(C)(C)OC(=O)N1CCCC(Oc2ccc(N)cc2F)C1. The molecule has 5 nitrogen and oxygen atoms in total. The number of carbonyl (C=O) groups is 1. The standard InChI is InChI=1S/C16H23FN2O3/c1-16(2,3)22-15(20)19-8-4-5-12(10-19)21-14-7-6-11(18)9-13(14)17/h6-7,9,12H,4-5,8,10,18H2,1-3H3. The average Bonchev–Trinajstić information content (AvgIpc) is 2.40. The molecule has 0 aromatic heterocycles. The Morgan fingerprint density at radius 3 is 2.77 bits per heavy atom. The molecule has 1 amide bonds. The fraction of sp³-hybridized carbons (Fsp3) is 0.562. The van der Waals surface area contributed by atoms with E-state index >= 15 is 0 Å². The van der Waals surface area contributed by atoms with Gasteiger partial charge < -0.3 is 20.1 Å². The van der Waals surface area contributed by atoms with Gasteiger partial charge >= 0.3 is 6.09 Å². The van der Waals surface area contributed by atoms with Crippen molar-refractivity contribution in [2.24, 2.45) is 0 Å². The Hall–Kier alpha value is -1.98. The van der Waals surface area contributed by atoms with Gasteiger partial charge in [-0.3, -0.25) is 0 Å². The van der Waals surface area contributed by atoms with Crippen LogP contribution in [0.15, 0.2) is 18.2 Å². The Morgan fingerprint density at radius 2 is 2.14 bits per heavy atom. The van der Waals surface area contributed by atoms with Gasteiger partial charge in [0.1, 0.15) is 11.7 Å². The Morgan fingerprint density at radius 1 is 1.41 bits per heavy atom. The zero-order valence-corrected chi connectivity index (χ0v) is 13.3. The van der Waals surface area contributed by atoms with Gasteiger partial charge in [0.15, 0.2) is 11.6 Å². The molecule has 1 aliphatic heterocycles. The number of rotatable bonds is 2. The highest BCUT2D eigenvalue weighted by Crippen LogP contribution is 2.24. The van der Waals surface area contributed by atoms with E-state index in [1.54, 1.807) is 11.0 Å². The summed E-state index contributed by atoms with van der Waals surface area (Å²) in [7, 11) is 0. The topological polar surface area (TPSA) is 64.8 Å². The summed E-state index contributed by atoms with van der Waals surface area (Å²) in [5, 5.41) is 0. The minimum absolute atomic E-state index is 0.158. The number of hydrogen-bond donors (Lipinski definition) is 1. The van der Waals surface area contributed by atoms with Crippen molar-refractivity contribution in [3.8, 4) is 5.75 Å². The quantitative estimate of drug-likeness (QED) is 0.852. The molecule has 1 aliphatic rings. The summed E-state index contributed by atoms with van der Waals surface area (Å²) >= 11 is 0. The predicted molar refractivity (Wildman–Crippen MR) is 82.3 cm³/mol. The van der Waals surface area contributed by atoms with Crippen molar-refractivity contribution >= 4 is 11.8 Å². The van der Waals surface area contributed by atoms with Crippen LogP contribution in [0.4, 0.5) is 14.9 Å². The molecule has 1 saturated heterocycles. The monoisotopic (exact) mass is 310 g/mol. The van der Waals surface area contributed by atoms with E-state index in [-0.39, 0.29) is 17.9 Å². The molecule has 2 rings (SSSR count). The van der Waals surface area contributed by atoms with Crippen LogP contribution in [-0.2, 0) is 4.74 Å². The molecule has 6 heteroatoms. The number of nitrogens with zero attached hydrogens (tertiary/aromatic N) is 1. The van der Waals surface area contributed by atoms with Crippen molar-refractivity contribution in [2.45, 2.75) is 45.3 Å². The summed E-state index contributed by atoms with van der Waals surface area (Å²) in [6, 6.07) is 4.33. The molecule has 0 spiro atoms. The number of nitrogens with two attached hydrogens (primary N) is 1. The van der Waals surface area contributed by atoms with Crippen molar-refractivity contribution in [2.75, 3.05) is 18.8 Å². The number of benzene rings is 1. The Bertz CT molecular complexity index is 543. The van der Waals surface area contributed by atoms with E-state index in [0.29, 0.717) is 18.8 Å². The number of nitrogen functional groups attached to an aromatic ring is 1. The van der Waals surface area contributed by atoms with Gasteiger partial charge in [-0.05, 0) is 45.7 Å². The Labute approximate surface area is 130 Å². The molecule has 1 aromatic rings. The largest absolute Gasteiger partial charge is 0.486 e. The summed E-state index contributed by atoms with van der Waals surface area (Å²) in [6.45, 7) is 6.49. The van der Waals surface area contributed by atoms with Crippen LogP contribution in [-0.4, -0.2) is 35.8 Å². The van der Waals surface area contributed by atoms with Crippen LogP contribution in [0, 0.1) is 5.82 Å². The molecule has 22 heavy (non-hydrogen) atoms. The third-order valence-corrected chi connectivity index (χ3v) is 3.28. The minimum atomic E-state index is -0.534. The maximum Gasteiger partial charge on any atom is 0.410 e. The number of anilines is 1. The van der Waals surface area contributed by atoms with Crippen LogP contribution in [0.3, 0.4) is 0 Å². The van der Waals surface area contributed by atoms with Crippen LogP contribution >= 0.6 is 0 Å². The smallest absolute Gasteiger partial charge is 0.410 e. The fourth-order valence-electron chi connectivity index (χ4n) is 2.32. The molecule has 1 fully saturated rings. The van der Waals surface area contributed by atoms with Gasteiger partial charge in [-0.2, -0.15) is 0 Å². The van der Waals surface area contributed by atoms with Gasteiger partial charge in [-0.1, -0.05) is 0 Å². The lowest BCUT2D eigenvalue weighted by Gasteiger charge is -2.34. The highest BCUT2D eigenvalue weighted by atomic mass is 19.1. The summed E-state index contributed by atoms with van der Waals surface area (Å²) in [5.41, 5.74) is 5.33. The second-order valence-corrected chi connectivity index (χ2v) is 6.50. The molecule has 1 aromatic carbocycles. The zero-order valence-electron chi connectivity index (χ0n) is 13.3. The number of amides is 1. The van der Waals surface area contributed by atoms with Gasteiger partial charge in [0, 0.05) is 18.3 Å². The van der Waals surface area contributed by atoms with E-state index in [1.807, 2.05) is 20.8 Å². The first-order chi connectivity index (χ1) is 10.2. The number of likely N-dealkylation sites (tertiary alicyclic amines) is 1. The molecule has 1 unspecified atom stereocenters. The summed E-state index contributed by atoms with van der Waals surface area (Å²) in [6.07, 6.45) is 0.946. The van der Waals surface area contributed by atoms with Gasteiger partial charge in [0.25, 0.3) is 0 Å². The van der Waals surface area contributed by atoms with Crippen molar-refractivity contribution < 1.29 is 18.7 Å². The molecule has 2 N–H and O–H groups in total. The van der Waals surface area contributed by atoms with Gasteiger partial charge in [-0.15, -0.1) is 0 Å². The van der Waals surface area contributed by atoms with Gasteiger partial charge in [0.2, 0.25) is 0 Å². The second-order valence-electron chi connectivity index (χ2n) is 6.50. The van der Waals surface area contributed by atoms with E-state index in [4.69, 9.17) is 15.2 Å². The normalized spacial score (nSPS) is 18.9. The number of hydrogen-bond acceptors (Lipinski definition) is 4. The number of piperidine rings is 1. The van der Waals surface area contributed by atoms with E-state index < -0.39 is 11.4 Å². The molecule has 122 valence electrons. The van der Waals surface area contributed by atoms with Gasteiger partial charge in [0.05, 0.1) is 6.54 Å². The number of halogens is 1. The highest BCUT2D eigenvalue weighted by Gasteiger charge is 2.28. The van der Waals surface area contributed by atoms with Crippen LogP contribution in [0.5, 0.6) is 5.75 Å². The predicted octanol–water partition coefficient (Wildman–Crippen LogP) is 3.19.